The minimum absolute atomic E-state index is 0.223. The molecule has 124 valence electrons. The fourth-order valence-electron chi connectivity index (χ4n) is 2.76. The van der Waals surface area contributed by atoms with Crippen molar-refractivity contribution in [3.63, 3.8) is 0 Å². The van der Waals surface area contributed by atoms with Gasteiger partial charge in [-0.3, -0.25) is 19.9 Å². The molecule has 0 atom stereocenters. The molecule has 2 N–H and O–H groups in total. The van der Waals surface area contributed by atoms with E-state index in [1.807, 2.05) is 24.3 Å². The summed E-state index contributed by atoms with van der Waals surface area (Å²) in [5.74, 6) is 0.566. The van der Waals surface area contributed by atoms with Gasteiger partial charge in [-0.2, -0.15) is 0 Å². The summed E-state index contributed by atoms with van der Waals surface area (Å²) in [7, 11) is 0. The van der Waals surface area contributed by atoms with Gasteiger partial charge in [-0.25, -0.2) is 4.79 Å². The maximum Gasteiger partial charge on any atom is 0.328 e. The lowest BCUT2D eigenvalue weighted by Gasteiger charge is -2.27. The van der Waals surface area contributed by atoms with Crippen LogP contribution in [0.5, 0.6) is 5.75 Å². The molecular weight excluding hydrogens is 296 g/mol. The first-order chi connectivity index (χ1) is 11.2. The minimum atomic E-state index is -0.367. The number of amides is 3. The molecule has 2 saturated heterocycles. The second-order valence-corrected chi connectivity index (χ2v) is 5.69. The van der Waals surface area contributed by atoms with Crippen LogP contribution in [0.15, 0.2) is 24.3 Å². The van der Waals surface area contributed by atoms with E-state index in [4.69, 9.17) is 4.74 Å². The molecule has 7 heteroatoms. The highest BCUT2D eigenvalue weighted by atomic mass is 16.5. The number of imide groups is 1. The molecule has 0 saturated carbocycles. The van der Waals surface area contributed by atoms with Crippen molar-refractivity contribution in [1.82, 2.24) is 15.5 Å². The number of ether oxygens (including phenoxy) is 1. The number of nitrogens with zero attached hydrogens (tertiary/aromatic N) is 2. The maximum absolute atomic E-state index is 11.8. The number of hydrogen-bond donors (Lipinski definition) is 2. The number of nitrogens with one attached hydrogen (secondary N) is 2. The Morgan fingerprint density at radius 3 is 2.48 bits per heavy atom. The van der Waals surface area contributed by atoms with Crippen molar-refractivity contribution in [3.05, 3.63) is 24.3 Å². The van der Waals surface area contributed by atoms with Gasteiger partial charge in [-0.15, -0.1) is 0 Å². The molecule has 2 heterocycles. The summed E-state index contributed by atoms with van der Waals surface area (Å²) in [5, 5.41) is 5.64. The average molecular weight is 318 g/mol. The summed E-state index contributed by atoms with van der Waals surface area (Å²) < 4.78 is 5.76. The Morgan fingerprint density at radius 1 is 1.04 bits per heavy atom. The zero-order valence-electron chi connectivity index (χ0n) is 13.1. The zero-order valence-corrected chi connectivity index (χ0v) is 13.1. The van der Waals surface area contributed by atoms with Gasteiger partial charge >= 0.3 is 6.03 Å². The van der Waals surface area contributed by atoms with E-state index in [9.17, 15) is 9.59 Å². The highest BCUT2D eigenvalue weighted by Gasteiger charge is 2.23. The van der Waals surface area contributed by atoms with Gasteiger partial charge in [0.2, 0.25) is 5.91 Å². The van der Waals surface area contributed by atoms with E-state index >= 15 is 0 Å². The van der Waals surface area contributed by atoms with Crippen molar-refractivity contribution >= 4 is 17.6 Å². The van der Waals surface area contributed by atoms with Gasteiger partial charge in [0.1, 0.15) is 12.4 Å². The second kappa shape index (κ2) is 7.43. The van der Waals surface area contributed by atoms with Crippen molar-refractivity contribution in [3.8, 4) is 5.75 Å². The Bertz CT molecular complexity index is 555. The van der Waals surface area contributed by atoms with Crippen LogP contribution in [0, 0.1) is 0 Å². The smallest absolute Gasteiger partial charge is 0.328 e. The Balaban J connectivity index is 1.48. The van der Waals surface area contributed by atoms with Crippen LogP contribution in [-0.2, 0) is 4.79 Å². The lowest BCUT2D eigenvalue weighted by molar-refractivity contribution is -0.120. The molecule has 3 rings (SSSR count). The molecule has 0 aliphatic carbocycles. The Morgan fingerprint density at radius 2 is 1.78 bits per heavy atom. The summed E-state index contributed by atoms with van der Waals surface area (Å²) in [4.78, 5) is 26.9. The van der Waals surface area contributed by atoms with Crippen LogP contribution in [0.1, 0.15) is 6.42 Å². The molecule has 0 unspecified atom stereocenters. The van der Waals surface area contributed by atoms with Crippen LogP contribution in [0.4, 0.5) is 10.5 Å². The average Bonchev–Trinajstić information content (AvgIpc) is 2.57. The third kappa shape index (κ3) is 4.20. The molecule has 23 heavy (non-hydrogen) atoms. The molecule has 0 aromatic heterocycles. The molecule has 2 aliphatic rings. The summed E-state index contributed by atoms with van der Waals surface area (Å²) in [6.07, 6.45) is 0.328. The Kier molecular flexibility index (Phi) is 5.09. The van der Waals surface area contributed by atoms with Crippen molar-refractivity contribution in [2.75, 3.05) is 50.8 Å². The topological polar surface area (TPSA) is 73.9 Å². The van der Waals surface area contributed by atoms with Crippen LogP contribution in [0.3, 0.4) is 0 Å². The summed E-state index contributed by atoms with van der Waals surface area (Å²) in [6.45, 7) is 6.17. The van der Waals surface area contributed by atoms with Crippen molar-refractivity contribution < 1.29 is 14.3 Å². The molecule has 0 radical (unpaired) electrons. The van der Waals surface area contributed by atoms with E-state index in [0.29, 0.717) is 19.6 Å². The maximum atomic E-state index is 11.8. The number of piperazine rings is 1. The number of carbonyl (C=O) groups is 2. The van der Waals surface area contributed by atoms with E-state index in [1.165, 1.54) is 0 Å². The van der Waals surface area contributed by atoms with Crippen LogP contribution < -0.4 is 20.3 Å². The van der Waals surface area contributed by atoms with Crippen LogP contribution in [0.2, 0.25) is 0 Å². The van der Waals surface area contributed by atoms with E-state index < -0.39 is 0 Å². The van der Waals surface area contributed by atoms with E-state index in [1.54, 1.807) is 4.90 Å². The fraction of sp³-hybridized carbons (Fsp3) is 0.500. The SMILES string of the molecule is O=C1CCN(c2ccc(OCCN3CCNCC3)cc2)C(=O)N1. The van der Waals surface area contributed by atoms with Crippen LogP contribution in [0.25, 0.3) is 0 Å². The normalized spacial score (nSPS) is 19.6. The molecule has 3 amide bonds. The lowest BCUT2D eigenvalue weighted by atomic mass is 10.2. The first kappa shape index (κ1) is 15.8. The highest BCUT2D eigenvalue weighted by molar-refractivity contribution is 6.05. The van der Waals surface area contributed by atoms with Gasteiger partial charge in [-0.1, -0.05) is 0 Å². The third-order valence-electron chi connectivity index (χ3n) is 4.09. The monoisotopic (exact) mass is 318 g/mol. The van der Waals surface area contributed by atoms with Gasteiger partial charge in [0.15, 0.2) is 0 Å². The van der Waals surface area contributed by atoms with Crippen LogP contribution in [-0.4, -0.2) is 62.7 Å². The quantitative estimate of drug-likeness (QED) is 0.823. The first-order valence-corrected chi connectivity index (χ1v) is 8.00. The number of hydrogen-bond acceptors (Lipinski definition) is 5. The minimum Gasteiger partial charge on any atom is -0.492 e. The number of urea groups is 1. The van der Waals surface area contributed by atoms with Crippen LogP contribution >= 0.6 is 0 Å². The largest absolute Gasteiger partial charge is 0.492 e. The van der Waals surface area contributed by atoms with Crippen molar-refractivity contribution in [2.24, 2.45) is 0 Å². The van der Waals surface area contributed by atoms with Crippen molar-refractivity contribution in [1.29, 1.82) is 0 Å². The molecule has 0 bridgehead atoms. The molecule has 1 aromatic rings. The predicted octanol–water partition coefficient (Wildman–Crippen LogP) is 0.417. The Labute approximate surface area is 135 Å². The predicted molar refractivity (Wildman–Crippen MR) is 86.7 cm³/mol. The fourth-order valence-corrected chi connectivity index (χ4v) is 2.76. The first-order valence-electron chi connectivity index (χ1n) is 8.00. The van der Waals surface area contributed by atoms with Crippen molar-refractivity contribution in [2.45, 2.75) is 6.42 Å². The van der Waals surface area contributed by atoms with Gasteiger partial charge < -0.3 is 10.1 Å². The summed E-state index contributed by atoms with van der Waals surface area (Å²) >= 11 is 0. The van der Waals surface area contributed by atoms with E-state index in [0.717, 1.165) is 44.2 Å². The Hall–Kier alpha value is -2.12. The summed E-state index contributed by atoms with van der Waals surface area (Å²) in [6, 6.07) is 7.03. The number of rotatable bonds is 5. The second-order valence-electron chi connectivity index (χ2n) is 5.69. The van der Waals surface area contributed by atoms with Gasteiger partial charge in [-0.05, 0) is 24.3 Å². The van der Waals surface area contributed by atoms with E-state index in [2.05, 4.69) is 15.5 Å². The molecule has 1 aromatic carbocycles. The number of anilines is 1. The number of benzene rings is 1. The number of carbonyl (C=O) groups excluding carboxylic acids is 2. The highest BCUT2D eigenvalue weighted by Crippen LogP contribution is 2.21. The molecular formula is C16H22N4O3. The lowest BCUT2D eigenvalue weighted by Crippen LogP contribution is -2.49. The van der Waals surface area contributed by atoms with Gasteiger partial charge in [0, 0.05) is 51.4 Å². The summed E-state index contributed by atoms with van der Waals surface area (Å²) in [5.41, 5.74) is 0.768. The molecule has 0 spiro atoms. The molecule has 2 fully saturated rings. The molecule has 2 aliphatic heterocycles. The third-order valence-corrected chi connectivity index (χ3v) is 4.09. The van der Waals surface area contributed by atoms with E-state index in [-0.39, 0.29) is 11.9 Å². The van der Waals surface area contributed by atoms with Gasteiger partial charge in [0.05, 0.1) is 0 Å². The molecule has 7 nitrogen and oxygen atoms in total. The van der Waals surface area contributed by atoms with Gasteiger partial charge in [0.25, 0.3) is 0 Å². The zero-order chi connectivity index (χ0) is 16.1. The standard InChI is InChI=1S/C16H22N4O3/c21-15-5-8-20(16(22)18-15)13-1-3-14(4-2-13)23-12-11-19-9-6-17-7-10-19/h1-4,17H,5-12H2,(H,18,21,22).